The molecular formula is C18H21BrFN3O2. The lowest BCUT2D eigenvalue weighted by Gasteiger charge is -2.20. The standard InChI is InChI=1S/C18H21BrFN3O2/c1-10-7-13(20)12(19)9-15(10)23-16-8-11(5-6-14(16)21)22-17(24)25-18(2,3)4/h5-9,23H,21H2,1-4H3,(H,22,24). The van der Waals surface area contributed by atoms with E-state index in [1.165, 1.54) is 6.07 Å². The van der Waals surface area contributed by atoms with Crippen LogP contribution in [0.15, 0.2) is 34.8 Å². The molecule has 0 aromatic heterocycles. The highest BCUT2D eigenvalue weighted by atomic mass is 79.9. The number of anilines is 4. The third-order valence-electron chi connectivity index (χ3n) is 3.24. The average Bonchev–Trinajstić information content (AvgIpc) is 2.46. The van der Waals surface area contributed by atoms with E-state index in [1.807, 2.05) is 0 Å². The van der Waals surface area contributed by atoms with E-state index in [-0.39, 0.29) is 5.82 Å². The van der Waals surface area contributed by atoms with Gasteiger partial charge in [-0.25, -0.2) is 9.18 Å². The van der Waals surface area contributed by atoms with Crippen LogP contribution in [0.3, 0.4) is 0 Å². The Morgan fingerprint density at radius 1 is 1.20 bits per heavy atom. The molecule has 0 aliphatic rings. The van der Waals surface area contributed by atoms with Crippen LogP contribution < -0.4 is 16.4 Å². The zero-order valence-electron chi connectivity index (χ0n) is 14.5. The Balaban J connectivity index is 2.22. The molecule has 0 bridgehead atoms. The van der Waals surface area contributed by atoms with E-state index in [4.69, 9.17) is 10.5 Å². The number of nitrogens with one attached hydrogen (secondary N) is 2. The van der Waals surface area contributed by atoms with Gasteiger partial charge in [0, 0.05) is 11.4 Å². The number of hydrogen-bond acceptors (Lipinski definition) is 4. The number of ether oxygens (including phenoxy) is 1. The highest BCUT2D eigenvalue weighted by molar-refractivity contribution is 9.10. The topological polar surface area (TPSA) is 76.4 Å². The smallest absolute Gasteiger partial charge is 0.412 e. The molecule has 0 saturated heterocycles. The van der Waals surface area contributed by atoms with Gasteiger partial charge in [0.1, 0.15) is 11.4 Å². The number of aryl methyl sites for hydroxylation is 1. The Morgan fingerprint density at radius 3 is 2.52 bits per heavy atom. The summed E-state index contributed by atoms with van der Waals surface area (Å²) in [6, 6.07) is 8.10. The minimum absolute atomic E-state index is 0.337. The van der Waals surface area contributed by atoms with E-state index in [0.29, 0.717) is 27.2 Å². The molecule has 0 atom stereocenters. The molecule has 4 N–H and O–H groups in total. The molecule has 0 unspecified atom stereocenters. The first-order valence-electron chi connectivity index (χ1n) is 7.67. The second-order valence-electron chi connectivity index (χ2n) is 6.64. The van der Waals surface area contributed by atoms with Crippen molar-refractivity contribution in [1.29, 1.82) is 0 Å². The quantitative estimate of drug-likeness (QED) is 0.579. The number of hydrogen-bond donors (Lipinski definition) is 3. The lowest BCUT2D eigenvalue weighted by molar-refractivity contribution is 0.0636. The number of halogens is 2. The van der Waals surface area contributed by atoms with Crippen molar-refractivity contribution < 1.29 is 13.9 Å². The SMILES string of the molecule is Cc1cc(F)c(Br)cc1Nc1cc(NC(=O)OC(C)(C)C)ccc1N. The molecule has 0 heterocycles. The Labute approximate surface area is 154 Å². The Bertz CT molecular complexity index is 804. The number of nitrogen functional groups attached to an aromatic ring is 1. The molecule has 2 aromatic carbocycles. The van der Waals surface area contributed by atoms with Crippen LogP contribution in [0.2, 0.25) is 0 Å². The first kappa shape index (κ1) is 19.1. The van der Waals surface area contributed by atoms with Crippen LogP contribution in [0.1, 0.15) is 26.3 Å². The Kier molecular flexibility index (Phi) is 5.57. The van der Waals surface area contributed by atoms with Gasteiger partial charge in [0.15, 0.2) is 0 Å². The van der Waals surface area contributed by atoms with Crippen molar-refractivity contribution in [3.63, 3.8) is 0 Å². The van der Waals surface area contributed by atoms with E-state index in [1.54, 1.807) is 52.0 Å². The number of amides is 1. The van der Waals surface area contributed by atoms with Gasteiger partial charge in [0.05, 0.1) is 15.8 Å². The number of nitrogens with two attached hydrogens (primary N) is 1. The number of carbonyl (C=O) groups is 1. The minimum Gasteiger partial charge on any atom is -0.444 e. The van der Waals surface area contributed by atoms with E-state index >= 15 is 0 Å². The van der Waals surface area contributed by atoms with E-state index in [2.05, 4.69) is 26.6 Å². The van der Waals surface area contributed by atoms with E-state index in [0.717, 1.165) is 5.56 Å². The summed E-state index contributed by atoms with van der Waals surface area (Å²) in [5, 5.41) is 5.82. The first-order valence-corrected chi connectivity index (χ1v) is 8.46. The molecule has 0 aliphatic carbocycles. The van der Waals surface area contributed by atoms with Gasteiger partial charge >= 0.3 is 6.09 Å². The molecule has 2 aromatic rings. The van der Waals surface area contributed by atoms with Crippen LogP contribution >= 0.6 is 15.9 Å². The normalized spacial score (nSPS) is 11.1. The molecular weight excluding hydrogens is 389 g/mol. The monoisotopic (exact) mass is 409 g/mol. The van der Waals surface area contributed by atoms with Crippen molar-refractivity contribution in [3.05, 3.63) is 46.2 Å². The molecule has 0 saturated carbocycles. The molecule has 1 amide bonds. The molecule has 134 valence electrons. The summed E-state index contributed by atoms with van der Waals surface area (Å²) in [6.07, 6.45) is -0.552. The first-order chi connectivity index (χ1) is 11.5. The van der Waals surface area contributed by atoms with Gasteiger partial charge in [-0.15, -0.1) is 0 Å². The van der Waals surface area contributed by atoms with Gasteiger partial charge in [-0.1, -0.05) is 0 Å². The maximum atomic E-state index is 13.6. The van der Waals surface area contributed by atoms with Crippen molar-refractivity contribution in [2.45, 2.75) is 33.3 Å². The molecule has 7 heteroatoms. The van der Waals surface area contributed by atoms with Crippen molar-refractivity contribution in [2.24, 2.45) is 0 Å². The highest BCUT2D eigenvalue weighted by Crippen LogP contribution is 2.31. The van der Waals surface area contributed by atoms with E-state index < -0.39 is 11.7 Å². The summed E-state index contributed by atoms with van der Waals surface area (Å²) in [5.41, 5.74) is 8.46. The van der Waals surface area contributed by atoms with Crippen LogP contribution in [0.4, 0.5) is 31.9 Å². The summed E-state index contributed by atoms with van der Waals surface area (Å²) in [7, 11) is 0. The van der Waals surface area contributed by atoms with Crippen LogP contribution in [0.25, 0.3) is 0 Å². The summed E-state index contributed by atoms with van der Waals surface area (Å²) in [5.74, 6) is -0.337. The molecule has 0 fully saturated rings. The van der Waals surface area contributed by atoms with Crippen LogP contribution in [-0.4, -0.2) is 11.7 Å². The lowest BCUT2D eigenvalue weighted by Crippen LogP contribution is -2.27. The van der Waals surface area contributed by atoms with E-state index in [9.17, 15) is 9.18 Å². The summed E-state index contributed by atoms with van der Waals surface area (Å²) in [4.78, 5) is 11.9. The third-order valence-corrected chi connectivity index (χ3v) is 3.84. The fourth-order valence-electron chi connectivity index (χ4n) is 2.09. The number of rotatable bonds is 3. The van der Waals surface area contributed by atoms with Crippen molar-refractivity contribution in [1.82, 2.24) is 0 Å². The summed E-state index contributed by atoms with van der Waals surface area (Å²) >= 11 is 3.17. The molecule has 0 aliphatic heterocycles. The minimum atomic E-state index is -0.587. The second kappa shape index (κ2) is 7.31. The predicted molar refractivity (Wildman–Crippen MR) is 103 cm³/mol. The van der Waals surface area contributed by atoms with Gasteiger partial charge in [-0.05, 0) is 79.5 Å². The Morgan fingerprint density at radius 2 is 1.88 bits per heavy atom. The van der Waals surface area contributed by atoms with Crippen LogP contribution in [-0.2, 0) is 4.74 Å². The largest absolute Gasteiger partial charge is 0.444 e. The molecule has 0 radical (unpaired) electrons. The van der Waals surface area contributed by atoms with Gasteiger partial charge < -0.3 is 15.8 Å². The van der Waals surface area contributed by atoms with Crippen LogP contribution in [0, 0.1) is 12.7 Å². The van der Waals surface area contributed by atoms with Crippen LogP contribution in [0.5, 0.6) is 0 Å². The predicted octanol–water partition coefficient (Wildman–Crippen LogP) is 5.57. The van der Waals surface area contributed by atoms with Gasteiger partial charge in [-0.2, -0.15) is 0 Å². The summed E-state index contributed by atoms with van der Waals surface area (Å²) in [6.45, 7) is 7.16. The average molecular weight is 410 g/mol. The van der Waals surface area contributed by atoms with Gasteiger partial charge in [0.2, 0.25) is 0 Å². The maximum Gasteiger partial charge on any atom is 0.412 e. The Hall–Kier alpha value is -2.28. The van der Waals surface area contributed by atoms with Crippen molar-refractivity contribution in [2.75, 3.05) is 16.4 Å². The molecule has 2 rings (SSSR count). The van der Waals surface area contributed by atoms with Crippen molar-refractivity contribution >= 4 is 44.8 Å². The third kappa shape index (κ3) is 5.35. The van der Waals surface area contributed by atoms with Gasteiger partial charge in [0.25, 0.3) is 0 Å². The molecule has 25 heavy (non-hydrogen) atoms. The molecule has 5 nitrogen and oxygen atoms in total. The second-order valence-corrected chi connectivity index (χ2v) is 7.49. The lowest BCUT2D eigenvalue weighted by atomic mass is 10.1. The zero-order chi connectivity index (χ0) is 18.8. The molecule has 0 spiro atoms. The number of benzene rings is 2. The maximum absolute atomic E-state index is 13.6. The highest BCUT2D eigenvalue weighted by Gasteiger charge is 2.16. The van der Waals surface area contributed by atoms with Gasteiger partial charge in [-0.3, -0.25) is 5.32 Å². The fraction of sp³-hybridized carbons (Fsp3) is 0.278. The zero-order valence-corrected chi connectivity index (χ0v) is 16.1. The number of carbonyl (C=O) groups excluding carboxylic acids is 1. The fourth-order valence-corrected chi connectivity index (χ4v) is 2.43. The summed E-state index contributed by atoms with van der Waals surface area (Å²) < 4.78 is 19.1. The van der Waals surface area contributed by atoms with Crippen molar-refractivity contribution in [3.8, 4) is 0 Å².